The fourth-order valence-corrected chi connectivity index (χ4v) is 4.25. The van der Waals surface area contributed by atoms with Gasteiger partial charge in [-0.2, -0.15) is 5.10 Å². The van der Waals surface area contributed by atoms with Crippen LogP contribution in [0.2, 0.25) is 10.2 Å². The molecule has 0 atom stereocenters. The van der Waals surface area contributed by atoms with Crippen molar-refractivity contribution in [3.8, 4) is 0 Å². The van der Waals surface area contributed by atoms with Crippen LogP contribution in [0.5, 0.6) is 0 Å². The van der Waals surface area contributed by atoms with Crippen molar-refractivity contribution in [3.63, 3.8) is 0 Å². The first-order chi connectivity index (χ1) is 13.1. The molecule has 0 aliphatic heterocycles. The molecule has 1 aromatic heterocycles. The summed E-state index contributed by atoms with van der Waals surface area (Å²) >= 11 is 12.6. The average molecular weight is 447 g/mol. The molecule has 0 fully saturated rings. The van der Waals surface area contributed by atoms with Gasteiger partial charge in [0, 0.05) is 24.7 Å². The van der Waals surface area contributed by atoms with Crippen LogP contribution in [0.15, 0.2) is 24.3 Å². The highest BCUT2D eigenvalue weighted by Gasteiger charge is 2.21. The van der Waals surface area contributed by atoms with Crippen molar-refractivity contribution in [2.24, 2.45) is 0 Å². The van der Waals surface area contributed by atoms with Crippen molar-refractivity contribution >= 4 is 39.1 Å². The van der Waals surface area contributed by atoms with Gasteiger partial charge in [0.2, 0.25) is 10.0 Å². The maximum absolute atomic E-state index is 12.5. The van der Waals surface area contributed by atoms with Gasteiger partial charge in [0.05, 0.1) is 24.1 Å². The van der Waals surface area contributed by atoms with E-state index in [1.165, 1.54) is 15.2 Å². The first-order valence-corrected chi connectivity index (χ1v) is 11.4. The summed E-state index contributed by atoms with van der Waals surface area (Å²) < 4.78 is 26.1. The average Bonchev–Trinajstić information content (AvgIpc) is 2.89. The zero-order valence-corrected chi connectivity index (χ0v) is 18.4. The van der Waals surface area contributed by atoms with Crippen LogP contribution in [0.1, 0.15) is 35.0 Å². The van der Waals surface area contributed by atoms with E-state index in [4.69, 9.17) is 23.2 Å². The normalized spacial score (nSPS) is 11.8. The Morgan fingerprint density at radius 1 is 1.29 bits per heavy atom. The number of hydrogen-bond acceptors (Lipinski definition) is 4. The molecule has 1 amide bonds. The SMILES string of the molecule is CCN(CCCNC(=O)c1c(C)nn(Cc2ccccc2Cl)c1Cl)S(C)(=O)=O. The van der Waals surface area contributed by atoms with Crippen LogP contribution in [0.3, 0.4) is 0 Å². The third-order valence-corrected chi connectivity index (χ3v) is 6.39. The van der Waals surface area contributed by atoms with Gasteiger partial charge in [0.25, 0.3) is 5.91 Å². The zero-order chi connectivity index (χ0) is 20.9. The van der Waals surface area contributed by atoms with Gasteiger partial charge in [-0.15, -0.1) is 0 Å². The van der Waals surface area contributed by atoms with E-state index in [9.17, 15) is 13.2 Å². The fraction of sp³-hybridized carbons (Fsp3) is 0.444. The van der Waals surface area contributed by atoms with E-state index in [2.05, 4.69) is 10.4 Å². The number of nitrogens with one attached hydrogen (secondary N) is 1. The number of halogens is 2. The van der Waals surface area contributed by atoms with Gasteiger partial charge in [0.15, 0.2) is 0 Å². The Kier molecular flexibility index (Phi) is 7.88. The molecule has 0 aliphatic rings. The number of nitrogens with zero attached hydrogens (tertiary/aromatic N) is 3. The summed E-state index contributed by atoms with van der Waals surface area (Å²) in [5.74, 6) is -0.338. The molecule has 28 heavy (non-hydrogen) atoms. The van der Waals surface area contributed by atoms with Crippen LogP contribution in [0, 0.1) is 6.92 Å². The predicted octanol–water partition coefficient (Wildman–Crippen LogP) is 2.95. The van der Waals surface area contributed by atoms with Gasteiger partial charge >= 0.3 is 0 Å². The molecule has 0 radical (unpaired) electrons. The topological polar surface area (TPSA) is 84.3 Å². The Morgan fingerprint density at radius 3 is 2.57 bits per heavy atom. The molecule has 1 N–H and O–H groups in total. The van der Waals surface area contributed by atoms with Gasteiger partial charge in [-0.3, -0.25) is 4.79 Å². The summed E-state index contributed by atoms with van der Waals surface area (Å²) in [5.41, 5.74) is 1.67. The van der Waals surface area contributed by atoms with E-state index in [1.54, 1.807) is 19.9 Å². The predicted molar refractivity (Wildman–Crippen MR) is 112 cm³/mol. The van der Waals surface area contributed by atoms with Crippen LogP contribution in [0.4, 0.5) is 0 Å². The summed E-state index contributed by atoms with van der Waals surface area (Å²) in [6.07, 6.45) is 1.67. The van der Waals surface area contributed by atoms with Gasteiger partial charge in [-0.1, -0.05) is 48.3 Å². The fourth-order valence-electron chi connectivity index (χ4n) is 2.81. The lowest BCUT2D eigenvalue weighted by Crippen LogP contribution is -2.33. The molecule has 1 aromatic carbocycles. The molecule has 0 bridgehead atoms. The highest BCUT2D eigenvalue weighted by Crippen LogP contribution is 2.23. The number of carbonyl (C=O) groups excluding carboxylic acids is 1. The standard InChI is InChI=1S/C18H24Cl2N4O3S/c1-4-23(28(3,26)27)11-7-10-21-18(25)16-13(2)22-24(17(16)20)12-14-8-5-6-9-15(14)19/h5-6,8-9H,4,7,10-12H2,1-3H3,(H,21,25). The Bertz CT molecular complexity index is 944. The smallest absolute Gasteiger partial charge is 0.256 e. The first-order valence-electron chi connectivity index (χ1n) is 8.84. The molecule has 0 spiro atoms. The van der Waals surface area contributed by atoms with Gasteiger partial charge < -0.3 is 5.32 Å². The van der Waals surface area contributed by atoms with Crippen molar-refractivity contribution in [1.82, 2.24) is 19.4 Å². The molecule has 0 aliphatic carbocycles. The van der Waals surface area contributed by atoms with Crippen molar-refractivity contribution in [1.29, 1.82) is 0 Å². The van der Waals surface area contributed by atoms with Crippen molar-refractivity contribution in [2.75, 3.05) is 25.9 Å². The number of benzene rings is 1. The number of amides is 1. The molecule has 2 rings (SSSR count). The summed E-state index contributed by atoms with van der Waals surface area (Å²) in [6, 6.07) is 7.36. The number of hydrogen-bond donors (Lipinski definition) is 1. The lowest BCUT2D eigenvalue weighted by molar-refractivity contribution is 0.0952. The number of aryl methyl sites for hydroxylation is 1. The quantitative estimate of drug-likeness (QED) is 0.599. The van der Waals surface area contributed by atoms with Crippen molar-refractivity contribution < 1.29 is 13.2 Å². The van der Waals surface area contributed by atoms with E-state index in [0.29, 0.717) is 48.9 Å². The number of sulfonamides is 1. The second kappa shape index (κ2) is 9.73. The molecule has 0 saturated carbocycles. The monoisotopic (exact) mass is 446 g/mol. The Labute approximate surface area is 175 Å². The maximum Gasteiger partial charge on any atom is 0.256 e. The van der Waals surface area contributed by atoms with Crippen LogP contribution in [-0.4, -0.2) is 54.3 Å². The van der Waals surface area contributed by atoms with Crippen LogP contribution >= 0.6 is 23.2 Å². The highest BCUT2D eigenvalue weighted by molar-refractivity contribution is 7.88. The minimum Gasteiger partial charge on any atom is -0.352 e. The summed E-state index contributed by atoms with van der Waals surface area (Å²) in [4.78, 5) is 12.5. The lowest BCUT2D eigenvalue weighted by Gasteiger charge is -2.17. The van der Waals surface area contributed by atoms with E-state index in [0.717, 1.165) is 5.56 Å². The summed E-state index contributed by atoms with van der Waals surface area (Å²) in [6.45, 7) is 4.91. The van der Waals surface area contributed by atoms with Crippen LogP contribution < -0.4 is 5.32 Å². The molecular formula is C18H24Cl2N4O3S. The third-order valence-electron chi connectivity index (χ3n) is 4.26. The Balaban J connectivity index is 2.00. The molecule has 0 unspecified atom stereocenters. The second-order valence-electron chi connectivity index (χ2n) is 6.36. The maximum atomic E-state index is 12.5. The van der Waals surface area contributed by atoms with E-state index in [1.807, 2.05) is 18.2 Å². The molecular weight excluding hydrogens is 423 g/mol. The molecule has 1 heterocycles. The van der Waals surface area contributed by atoms with Gasteiger partial charge in [-0.25, -0.2) is 17.4 Å². The minimum absolute atomic E-state index is 0.237. The van der Waals surface area contributed by atoms with Gasteiger partial charge in [0.1, 0.15) is 5.15 Å². The summed E-state index contributed by atoms with van der Waals surface area (Å²) in [5, 5.41) is 7.96. The van der Waals surface area contributed by atoms with Crippen molar-refractivity contribution in [2.45, 2.75) is 26.8 Å². The van der Waals surface area contributed by atoms with Gasteiger partial charge in [-0.05, 0) is 25.0 Å². The van der Waals surface area contributed by atoms with E-state index < -0.39 is 10.0 Å². The third kappa shape index (κ3) is 5.70. The lowest BCUT2D eigenvalue weighted by atomic mass is 10.2. The Hall–Kier alpha value is -1.61. The second-order valence-corrected chi connectivity index (χ2v) is 9.11. The summed E-state index contributed by atoms with van der Waals surface area (Å²) in [7, 11) is -3.24. The zero-order valence-electron chi connectivity index (χ0n) is 16.1. The molecule has 10 heteroatoms. The van der Waals surface area contributed by atoms with Crippen molar-refractivity contribution in [3.05, 3.63) is 51.3 Å². The van der Waals surface area contributed by atoms with E-state index >= 15 is 0 Å². The van der Waals surface area contributed by atoms with Crippen LogP contribution in [-0.2, 0) is 16.6 Å². The Morgan fingerprint density at radius 2 is 1.96 bits per heavy atom. The largest absolute Gasteiger partial charge is 0.352 e. The minimum atomic E-state index is -3.24. The van der Waals surface area contributed by atoms with E-state index in [-0.39, 0.29) is 11.1 Å². The number of aromatic nitrogens is 2. The molecule has 2 aromatic rings. The number of rotatable bonds is 9. The molecule has 0 saturated heterocycles. The first kappa shape index (κ1) is 22.7. The molecule has 7 nitrogen and oxygen atoms in total. The number of carbonyl (C=O) groups is 1. The molecule has 154 valence electrons. The van der Waals surface area contributed by atoms with Crippen LogP contribution in [0.25, 0.3) is 0 Å². The highest BCUT2D eigenvalue weighted by atomic mass is 35.5.